The zero-order valence-electron chi connectivity index (χ0n) is 7.09. The maximum absolute atomic E-state index is 5.46. The molecule has 13 heavy (non-hydrogen) atoms. The Labute approximate surface area is 83.4 Å². The number of halogens is 1. The van der Waals surface area contributed by atoms with E-state index in [4.69, 9.17) is 4.84 Å². The van der Waals surface area contributed by atoms with E-state index >= 15 is 0 Å². The standard InChI is InChI=1S/C9H10N2O.ClH/c1-2-4-9(5-3-1)12-11-7-6-10-8-11;/h1-5,8H,6-7H2;1H. The summed E-state index contributed by atoms with van der Waals surface area (Å²) >= 11 is 0. The molecule has 2 rings (SSSR count). The van der Waals surface area contributed by atoms with Crippen LogP contribution in [-0.2, 0) is 0 Å². The molecular formula is C9H11ClN2O. The lowest BCUT2D eigenvalue weighted by molar-refractivity contribution is 0.0369. The van der Waals surface area contributed by atoms with Gasteiger partial charge in [-0.25, -0.2) is 0 Å². The molecule has 1 heterocycles. The zero-order chi connectivity index (χ0) is 8.23. The van der Waals surface area contributed by atoms with Crippen LogP contribution in [0.25, 0.3) is 0 Å². The second-order valence-corrected chi connectivity index (χ2v) is 2.57. The summed E-state index contributed by atoms with van der Waals surface area (Å²) in [4.78, 5) is 9.50. The van der Waals surface area contributed by atoms with E-state index < -0.39 is 0 Å². The van der Waals surface area contributed by atoms with Crippen molar-refractivity contribution in [3.05, 3.63) is 30.3 Å². The first kappa shape index (κ1) is 9.86. The number of nitrogens with zero attached hydrogens (tertiary/aromatic N) is 2. The van der Waals surface area contributed by atoms with Crippen molar-refractivity contribution in [3.8, 4) is 5.75 Å². The molecule has 0 atom stereocenters. The van der Waals surface area contributed by atoms with Crippen LogP contribution in [0.2, 0.25) is 0 Å². The minimum Gasteiger partial charge on any atom is -0.379 e. The highest BCUT2D eigenvalue weighted by molar-refractivity contribution is 5.85. The summed E-state index contributed by atoms with van der Waals surface area (Å²) in [6, 6.07) is 9.70. The summed E-state index contributed by atoms with van der Waals surface area (Å²) in [5, 5.41) is 1.73. The van der Waals surface area contributed by atoms with Crippen molar-refractivity contribution in [3.63, 3.8) is 0 Å². The summed E-state index contributed by atoms with van der Waals surface area (Å²) in [7, 11) is 0. The van der Waals surface area contributed by atoms with Gasteiger partial charge in [-0.3, -0.25) is 4.99 Å². The molecule has 1 aromatic rings. The lowest BCUT2D eigenvalue weighted by Gasteiger charge is -2.13. The van der Waals surface area contributed by atoms with E-state index in [1.807, 2.05) is 30.3 Å². The zero-order valence-corrected chi connectivity index (χ0v) is 7.91. The summed E-state index contributed by atoms with van der Waals surface area (Å²) in [5.41, 5.74) is 0. The van der Waals surface area contributed by atoms with Gasteiger partial charge in [0.15, 0.2) is 5.75 Å². The topological polar surface area (TPSA) is 24.8 Å². The van der Waals surface area contributed by atoms with E-state index in [9.17, 15) is 0 Å². The molecule has 3 nitrogen and oxygen atoms in total. The van der Waals surface area contributed by atoms with Crippen LogP contribution in [0.1, 0.15) is 0 Å². The van der Waals surface area contributed by atoms with E-state index in [0.29, 0.717) is 0 Å². The number of hydrogen-bond donors (Lipinski definition) is 0. The number of hydrogen-bond acceptors (Lipinski definition) is 3. The minimum absolute atomic E-state index is 0. The second-order valence-electron chi connectivity index (χ2n) is 2.57. The highest BCUT2D eigenvalue weighted by Crippen LogP contribution is 2.10. The van der Waals surface area contributed by atoms with Gasteiger partial charge in [0.2, 0.25) is 0 Å². The largest absolute Gasteiger partial charge is 0.379 e. The van der Waals surface area contributed by atoms with E-state index in [0.717, 1.165) is 18.8 Å². The Morgan fingerprint density at radius 3 is 2.62 bits per heavy atom. The van der Waals surface area contributed by atoms with Crippen LogP contribution in [0.5, 0.6) is 5.75 Å². The fourth-order valence-corrected chi connectivity index (χ4v) is 1.05. The summed E-state index contributed by atoms with van der Waals surface area (Å²) in [6.07, 6.45) is 1.72. The van der Waals surface area contributed by atoms with Crippen molar-refractivity contribution in [2.24, 2.45) is 4.99 Å². The Kier molecular flexibility index (Phi) is 3.58. The Bertz CT molecular complexity index is 276. The number of aliphatic imine (C=N–C) groups is 1. The number of benzene rings is 1. The lowest BCUT2D eigenvalue weighted by atomic mass is 10.3. The predicted molar refractivity (Wildman–Crippen MR) is 54.4 cm³/mol. The third kappa shape index (κ3) is 2.63. The average molecular weight is 199 g/mol. The predicted octanol–water partition coefficient (Wildman–Crippen LogP) is 1.75. The van der Waals surface area contributed by atoms with Gasteiger partial charge < -0.3 is 4.84 Å². The Morgan fingerprint density at radius 1 is 1.23 bits per heavy atom. The van der Waals surface area contributed by atoms with Gasteiger partial charge in [-0.05, 0) is 12.1 Å². The van der Waals surface area contributed by atoms with Crippen LogP contribution >= 0.6 is 12.4 Å². The lowest BCUT2D eigenvalue weighted by Crippen LogP contribution is -2.23. The normalized spacial score (nSPS) is 14.0. The Hall–Kier alpha value is -1.22. The first-order valence-electron chi connectivity index (χ1n) is 3.95. The van der Waals surface area contributed by atoms with E-state index in [1.165, 1.54) is 0 Å². The van der Waals surface area contributed by atoms with Crippen molar-refractivity contribution in [2.45, 2.75) is 0 Å². The van der Waals surface area contributed by atoms with Crippen molar-refractivity contribution < 1.29 is 4.84 Å². The molecule has 0 unspecified atom stereocenters. The average Bonchev–Trinajstić information content (AvgIpc) is 2.59. The van der Waals surface area contributed by atoms with Crippen LogP contribution in [-0.4, -0.2) is 24.5 Å². The van der Waals surface area contributed by atoms with Crippen LogP contribution in [0.4, 0.5) is 0 Å². The third-order valence-corrected chi connectivity index (χ3v) is 1.63. The first-order valence-corrected chi connectivity index (χ1v) is 3.95. The second kappa shape index (κ2) is 4.72. The molecule has 0 aliphatic carbocycles. The smallest absolute Gasteiger partial charge is 0.155 e. The number of hydroxylamine groups is 2. The molecule has 0 bridgehead atoms. The minimum atomic E-state index is 0. The van der Waals surface area contributed by atoms with Crippen molar-refractivity contribution >= 4 is 18.7 Å². The van der Waals surface area contributed by atoms with Crippen LogP contribution in [0, 0.1) is 0 Å². The van der Waals surface area contributed by atoms with E-state index in [2.05, 4.69) is 4.99 Å². The maximum atomic E-state index is 5.46. The molecular weight excluding hydrogens is 188 g/mol. The molecule has 0 saturated carbocycles. The quantitative estimate of drug-likeness (QED) is 0.723. The van der Waals surface area contributed by atoms with E-state index in [-0.39, 0.29) is 12.4 Å². The SMILES string of the molecule is C1=NCCN1Oc1ccccc1.Cl. The van der Waals surface area contributed by atoms with Gasteiger partial charge in [0.25, 0.3) is 0 Å². The van der Waals surface area contributed by atoms with Crippen LogP contribution in [0.3, 0.4) is 0 Å². The Morgan fingerprint density at radius 2 is 2.00 bits per heavy atom. The van der Waals surface area contributed by atoms with Crippen molar-refractivity contribution in [2.75, 3.05) is 13.1 Å². The summed E-state index contributed by atoms with van der Waals surface area (Å²) in [6.45, 7) is 1.67. The van der Waals surface area contributed by atoms with E-state index in [1.54, 1.807) is 11.4 Å². The van der Waals surface area contributed by atoms with Crippen molar-refractivity contribution in [1.29, 1.82) is 0 Å². The molecule has 0 aromatic heterocycles. The molecule has 1 aliphatic heterocycles. The third-order valence-electron chi connectivity index (χ3n) is 1.63. The molecule has 0 N–H and O–H groups in total. The monoisotopic (exact) mass is 198 g/mol. The number of para-hydroxylation sites is 1. The molecule has 4 heteroatoms. The molecule has 70 valence electrons. The van der Waals surface area contributed by atoms with Crippen molar-refractivity contribution in [1.82, 2.24) is 5.06 Å². The molecule has 0 saturated heterocycles. The van der Waals surface area contributed by atoms with Gasteiger partial charge in [-0.15, -0.1) is 12.4 Å². The molecule has 0 spiro atoms. The van der Waals surface area contributed by atoms with Crippen LogP contribution in [0.15, 0.2) is 35.3 Å². The first-order chi connectivity index (χ1) is 5.95. The Balaban J connectivity index is 0.000000845. The van der Waals surface area contributed by atoms with Gasteiger partial charge in [0.1, 0.15) is 6.34 Å². The highest BCUT2D eigenvalue weighted by Gasteiger charge is 2.05. The maximum Gasteiger partial charge on any atom is 0.155 e. The van der Waals surface area contributed by atoms with Gasteiger partial charge in [-0.1, -0.05) is 18.2 Å². The summed E-state index contributed by atoms with van der Waals surface area (Å²) < 4.78 is 0. The molecule has 1 aromatic carbocycles. The van der Waals surface area contributed by atoms with Gasteiger partial charge in [0, 0.05) is 0 Å². The molecule has 0 radical (unpaired) electrons. The number of rotatable bonds is 2. The molecule has 1 aliphatic rings. The molecule has 0 fully saturated rings. The summed E-state index contributed by atoms with van der Waals surface area (Å²) in [5.74, 6) is 0.853. The van der Waals surface area contributed by atoms with Gasteiger partial charge in [-0.2, -0.15) is 5.06 Å². The highest BCUT2D eigenvalue weighted by atomic mass is 35.5. The van der Waals surface area contributed by atoms with Crippen LogP contribution < -0.4 is 4.84 Å². The molecule has 0 amide bonds. The van der Waals surface area contributed by atoms with Gasteiger partial charge in [0.05, 0.1) is 13.1 Å². The fraction of sp³-hybridized carbons (Fsp3) is 0.222. The van der Waals surface area contributed by atoms with Gasteiger partial charge >= 0.3 is 0 Å². The fourth-order valence-electron chi connectivity index (χ4n) is 1.05.